The van der Waals surface area contributed by atoms with Gasteiger partial charge >= 0.3 is 5.97 Å². The lowest BCUT2D eigenvalue weighted by Gasteiger charge is -2.23. The molecule has 0 saturated carbocycles. The van der Waals surface area contributed by atoms with Gasteiger partial charge in [-0.15, -0.1) is 0 Å². The van der Waals surface area contributed by atoms with E-state index in [1.54, 1.807) is 6.07 Å². The molecular weight excluding hydrogens is 523 g/mol. The number of esters is 1. The number of hydrogen-bond donors (Lipinski definition) is 1. The van der Waals surface area contributed by atoms with Crippen LogP contribution in [-0.4, -0.2) is 12.6 Å². The largest absolute Gasteiger partial charge is 0.482 e. The quantitative estimate of drug-likeness (QED) is 0.157. The van der Waals surface area contributed by atoms with Crippen molar-refractivity contribution in [3.05, 3.63) is 107 Å². The molecule has 0 aliphatic rings. The van der Waals surface area contributed by atoms with Gasteiger partial charge in [0.15, 0.2) is 10.4 Å². The van der Waals surface area contributed by atoms with Crippen LogP contribution in [-0.2, 0) is 16.1 Å². The van der Waals surface area contributed by atoms with E-state index in [1.807, 2.05) is 30.3 Å². The van der Waals surface area contributed by atoms with Gasteiger partial charge in [0, 0.05) is 0 Å². The van der Waals surface area contributed by atoms with Crippen LogP contribution in [0.1, 0.15) is 5.76 Å². The van der Waals surface area contributed by atoms with E-state index in [2.05, 4.69) is 83.3 Å². The number of benzene rings is 3. The van der Waals surface area contributed by atoms with Crippen molar-refractivity contribution in [2.45, 2.75) is 21.3 Å². The van der Waals surface area contributed by atoms with Gasteiger partial charge in [-0.25, -0.2) is 4.79 Å². The molecule has 158 valence electrons. The van der Waals surface area contributed by atoms with Gasteiger partial charge in [-0.2, -0.15) is 10.9 Å². The summed E-state index contributed by atoms with van der Waals surface area (Å²) < 4.78 is 16.9. The number of halogens is 1. The minimum Gasteiger partial charge on any atom is -0.482 e. The van der Waals surface area contributed by atoms with Crippen LogP contribution in [0.4, 0.5) is 0 Å². The molecule has 0 bridgehead atoms. The van der Waals surface area contributed by atoms with E-state index in [0.717, 1.165) is 3.77 Å². The third-order valence-electron chi connectivity index (χ3n) is 4.48. The molecule has 0 N–H and O–H groups in total. The zero-order valence-corrected chi connectivity index (χ0v) is 19.7. The van der Waals surface area contributed by atoms with Crippen LogP contribution < -0.4 is 4.74 Å². The van der Waals surface area contributed by atoms with E-state index in [0.29, 0.717) is 11.5 Å². The average Bonchev–Trinajstić information content (AvgIpc) is 3.24. The molecule has 0 saturated heterocycles. The van der Waals surface area contributed by atoms with Crippen molar-refractivity contribution in [1.29, 1.82) is 0 Å². The third kappa shape index (κ3) is 5.92. The average molecular weight is 544 g/mol. The Morgan fingerprint density at radius 3 is 1.90 bits per heavy atom. The summed E-state index contributed by atoms with van der Waals surface area (Å²) >= 11 is 2.07. The molecule has 31 heavy (non-hydrogen) atoms. The van der Waals surface area contributed by atoms with Crippen molar-refractivity contribution < 1.29 is 18.7 Å². The molecule has 0 radical (unpaired) electrons. The molecule has 0 unspecified atom stereocenters. The van der Waals surface area contributed by atoms with Gasteiger partial charge in [0.25, 0.3) is 0 Å². The standard InChI is InChI=1S/C25H21IO4S/c26-24-16-13-20(30-24)17-29-25(27)18-28-19-11-14-23(15-12-19)31(21-7-3-1-4-8-21)22-9-5-2-6-10-22/h1-16,31H,17-18H2. The van der Waals surface area contributed by atoms with Crippen molar-refractivity contribution in [3.8, 4) is 5.75 Å². The van der Waals surface area contributed by atoms with E-state index in [4.69, 9.17) is 13.9 Å². The Morgan fingerprint density at radius 2 is 1.35 bits per heavy atom. The van der Waals surface area contributed by atoms with E-state index in [1.165, 1.54) is 14.7 Å². The Hall–Kier alpha value is -2.71. The smallest absolute Gasteiger partial charge is 0.344 e. The second kappa shape index (κ2) is 10.5. The van der Waals surface area contributed by atoms with Crippen molar-refractivity contribution in [1.82, 2.24) is 0 Å². The lowest BCUT2D eigenvalue weighted by molar-refractivity contribution is -0.147. The first kappa shape index (κ1) is 21.5. The maximum Gasteiger partial charge on any atom is 0.344 e. The Balaban J connectivity index is 1.41. The predicted octanol–water partition coefficient (Wildman–Crippen LogP) is 6.48. The maximum absolute atomic E-state index is 12.0. The van der Waals surface area contributed by atoms with Gasteiger partial charge < -0.3 is 13.9 Å². The highest BCUT2D eigenvalue weighted by Gasteiger charge is 2.13. The molecule has 1 aromatic heterocycles. The molecule has 0 atom stereocenters. The number of furan rings is 1. The fraction of sp³-hybridized carbons (Fsp3) is 0.0800. The number of thiol groups is 1. The number of hydrogen-bond acceptors (Lipinski definition) is 4. The lowest BCUT2D eigenvalue weighted by Crippen LogP contribution is -2.14. The summed E-state index contributed by atoms with van der Waals surface area (Å²) in [4.78, 5) is 15.7. The van der Waals surface area contributed by atoms with Crippen LogP contribution in [0.15, 0.2) is 116 Å². The summed E-state index contributed by atoms with van der Waals surface area (Å²) in [6.45, 7) is -0.0497. The van der Waals surface area contributed by atoms with Crippen molar-refractivity contribution in [2.75, 3.05) is 6.61 Å². The van der Waals surface area contributed by atoms with Crippen molar-refractivity contribution >= 4 is 39.5 Å². The zero-order chi connectivity index (χ0) is 21.5. The summed E-state index contributed by atoms with van der Waals surface area (Å²) in [6.07, 6.45) is 0. The van der Waals surface area contributed by atoms with Crippen LogP contribution in [0, 0.1) is 3.77 Å². The van der Waals surface area contributed by atoms with Gasteiger partial charge in [-0.3, -0.25) is 0 Å². The highest BCUT2D eigenvalue weighted by atomic mass is 127. The third-order valence-corrected chi connectivity index (χ3v) is 7.51. The fourth-order valence-electron chi connectivity index (χ4n) is 3.06. The lowest BCUT2D eigenvalue weighted by atomic mass is 10.3. The summed E-state index contributed by atoms with van der Waals surface area (Å²) in [6, 6.07) is 32.5. The highest BCUT2D eigenvalue weighted by molar-refractivity contribution is 14.1. The first-order valence-electron chi connectivity index (χ1n) is 9.72. The van der Waals surface area contributed by atoms with E-state index >= 15 is 0 Å². The molecule has 0 aliphatic carbocycles. The van der Waals surface area contributed by atoms with Gasteiger partial charge in [0.1, 0.15) is 18.1 Å². The molecule has 0 amide bonds. The highest BCUT2D eigenvalue weighted by Crippen LogP contribution is 2.51. The Kier molecular flexibility index (Phi) is 7.32. The predicted molar refractivity (Wildman–Crippen MR) is 130 cm³/mol. The molecule has 4 aromatic rings. The summed E-state index contributed by atoms with van der Waals surface area (Å²) in [7, 11) is -0.668. The second-order valence-electron chi connectivity index (χ2n) is 6.66. The molecule has 4 nitrogen and oxygen atoms in total. The van der Waals surface area contributed by atoms with Crippen LogP contribution in [0.2, 0.25) is 0 Å². The van der Waals surface area contributed by atoms with E-state index < -0.39 is 16.9 Å². The fourth-order valence-corrected chi connectivity index (χ4v) is 5.80. The zero-order valence-electron chi connectivity index (χ0n) is 16.6. The van der Waals surface area contributed by atoms with Gasteiger partial charge in [0.05, 0.1) is 0 Å². The first-order chi connectivity index (χ1) is 15.2. The van der Waals surface area contributed by atoms with Gasteiger partial charge in [0.2, 0.25) is 0 Å². The number of rotatable bonds is 8. The molecular formula is C25H21IO4S. The van der Waals surface area contributed by atoms with Crippen LogP contribution in [0.5, 0.6) is 5.75 Å². The van der Waals surface area contributed by atoms with Crippen molar-refractivity contribution in [3.63, 3.8) is 0 Å². The molecule has 0 aliphatic heterocycles. The summed E-state index contributed by atoms with van der Waals surface area (Å²) in [5.41, 5.74) is 0. The van der Waals surface area contributed by atoms with E-state index in [9.17, 15) is 4.79 Å². The number of carbonyl (C=O) groups is 1. The second-order valence-corrected chi connectivity index (χ2v) is 9.94. The summed E-state index contributed by atoms with van der Waals surface area (Å²) in [5.74, 6) is 0.799. The Morgan fingerprint density at radius 1 is 0.774 bits per heavy atom. The van der Waals surface area contributed by atoms with Gasteiger partial charge in [-0.05, 0) is 97.9 Å². The van der Waals surface area contributed by atoms with Gasteiger partial charge in [-0.1, -0.05) is 36.4 Å². The molecule has 4 rings (SSSR count). The first-order valence-corrected chi connectivity index (χ1v) is 12.1. The minimum absolute atomic E-state index is 0.0998. The van der Waals surface area contributed by atoms with E-state index in [-0.39, 0.29) is 13.2 Å². The normalized spacial score (nSPS) is 11.1. The molecule has 0 fully saturated rings. The van der Waals surface area contributed by atoms with Crippen molar-refractivity contribution in [2.24, 2.45) is 0 Å². The van der Waals surface area contributed by atoms with Crippen LogP contribution in [0.25, 0.3) is 0 Å². The Labute approximate surface area is 197 Å². The SMILES string of the molecule is O=C(COc1ccc([SH](c2ccccc2)c2ccccc2)cc1)OCc1ccc(I)o1. The topological polar surface area (TPSA) is 48.7 Å². The number of ether oxygens (including phenoxy) is 2. The number of carbonyl (C=O) groups excluding carboxylic acids is 1. The minimum atomic E-state index is -0.668. The maximum atomic E-state index is 12.0. The summed E-state index contributed by atoms with van der Waals surface area (Å²) in [5, 5.41) is 0. The molecule has 1 heterocycles. The molecule has 3 aromatic carbocycles. The Bertz CT molecular complexity index is 1070. The monoisotopic (exact) mass is 544 g/mol. The molecule has 0 spiro atoms. The van der Waals surface area contributed by atoms with Crippen LogP contribution in [0.3, 0.4) is 0 Å². The van der Waals surface area contributed by atoms with Crippen LogP contribution >= 0.6 is 33.5 Å². The molecule has 6 heteroatoms.